The van der Waals surface area contributed by atoms with Gasteiger partial charge in [-0.2, -0.15) is 0 Å². The number of halogens is 2. The highest BCUT2D eigenvalue weighted by Gasteiger charge is 2.14. The largest absolute Gasteiger partial charge is 1.00 e. The molecule has 0 aliphatic heterocycles. The van der Waals surface area contributed by atoms with Gasteiger partial charge in [0.15, 0.2) is 0 Å². The van der Waals surface area contributed by atoms with Crippen LogP contribution >= 0.6 is 22.9 Å². The summed E-state index contributed by atoms with van der Waals surface area (Å²) in [4.78, 5) is 0. The zero-order chi connectivity index (χ0) is 12.3. The zero-order valence-corrected chi connectivity index (χ0v) is 14.3. The van der Waals surface area contributed by atoms with Crippen LogP contribution in [0.15, 0.2) is 54.6 Å². The zero-order valence-electron chi connectivity index (χ0n) is 10.6. The minimum Gasteiger partial charge on any atom is -1.00 e. The first-order valence-corrected chi connectivity index (χ1v) is 6.69. The van der Waals surface area contributed by atoms with E-state index < -0.39 is 0 Å². The van der Waals surface area contributed by atoms with Crippen LogP contribution < -0.4 is 17.0 Å². The molecule has 18 heavy (non-hydrogen) atoms. The lowest BCUT2D eigenvalue weighted by Gasteiger charge is -2.21. The van der Waals surface area contributed by atoms with Crippen molar-refractivity contribution in [3.05, 3.63) is 60.2 Å². The van der Waals surface area contributed by atoms with E-state index in [1.807, 2.05) is 0 Å². The highest BCUT2D eigenvalue weighted by atomic mass is 127. The normalized spacial score (nSPS) is 10.8. The maximum absolute atomic E-state index is 2.45. The van der Waals surface area contributed by atoms with E-state index in [0.29, 0.717) is 0 Å². The Kier molecular flexibility index (Phi) is 5.82. The Morgan fingerprint density at radius 2 is 1.44 bits per heavy atom. The van der Waals surface area contributed by atoms with Crippen molar-refractivity contribution >= 4 is 22.9 Å². The Labute approximate surface area is 134 Å². The molecule has 0 spiro atoms. The molecule has 0 radical (unpaired) electrons. The Bertz CT molecular complexity index is 491. The molecule has 0 N–H and O–H groups in total. The summed E-state index contributed by atoms with van der Waals surface area (Å²) < 4.78 is 0.918. The van der Waals surface area contributed by atoms with Gasteiger partial charge in [0.05, 0.1) is 14.1 Å². The molecule has 0 aromatic heterocycles. The van der Waals surface area contributed by atoms with E-state index in [1.54, 1.807) is 0 Å². The summed E-state index contributed by atoms with van der Waals surface area (Å²) in [5.41, 5.74) is 4.04. The third-order valence-corrected chi connectivity index (χ3v) is 2.99. The second-order valence-electron chi connectivity index (χ2n) is 4.72. The molecule has 2 aromatic carbocycles. The van der Waals surface area contributed by atoms with Gasteiger partial charge >= 0.3 is 0 Å². The molecule has 0 saturated heterocycles. The molecule has 0 atom stereocenters. The van der Waals surface area contributed by atoms with Crippen LogP contribution in [-0.4, -0.2) is 16.8 Å². The van der Waals surface area contributed by atoms with Gasteiger partial charge < -0.3 is 17.0 Å². The topological polar surface area (TPSA) is 0 Å². The van der Waals surface area contributed by atoms with E-state index in [1.165, 1.54) is 16.7 Å². The maximum atomic E-state index is 2.45. The summed E-state index contributed by atoms with van der Waals surface area (Å²) in [6.45, 7) is 1.03. The molecular formula is C15H17BrIN. The maximum Gasteiger partial charge on any atom is 0.248 e. The molecule has 0 saturated carbocycles. The SMILES string of the molecule is C[N+](C)(I)Cc1ccccc1-c1ccccc1.[Br-]. The molecule has 0 bridgehead atoms. The number of benzene rings is 2. The summed E-state index contributed by atoms with van der Waals surface area (Å²) in [5, 5.41) is 0. The number of hydrogen-bond acceptors (Lipinski definition) is 0. The van der Waals surface area contributed by atoms with Crippen molar-refractivity contribution in [2.45, 2.75) is 6.54 Å². The van der Waals surface area contributed by atoms with Gasteiger partial charge in [0.1, 0.15) is 6.54 Å². The van der Waals surface area contributed by atoms with Crippen LogP contribution in [0, 0.1) is 0 Å². The van der Waals surface area contributed by atoms with Gasteiger partial charge in [-0.05, 0) is 11.1 Å². The van der Waals surface area contributed by atoms with Gasteiger partial charge in [0, 0.05) is 5.56 Å². The first-order valence-electron chi connectivity index (χ1n) is 5.72. The average Bonchev–Trinajstić information content (AvgIpc) is 2.29. The van der Waals surface area contributed by atoms with Gasteiger partial charge in [-0.3, -0.25) is 2.70 Å². The second-order valence-corrected chi connectivity index (χ2v) is 7.33. The third-order valence-electron chi connectivity index (χ3n) is 2.65. The third kappa shape index (κ3) is 4.37. The Morgan fingerprint density at radius 3 is 2.06 bits per heavy atom. The lowest BCUT2D eigenvalue weighted by molar-refractivity contribution is -0.721. The predicted molar refractivity (Wildman–Crippen MR) is 81.7 cm³/mol. The number of rotatable bonds is 3. The van der Waals surface area contributed by atoms with E-state index in [0.717, 1.165) is 9.24 Å². The Hall–Kier alpha value is -0.390. The van der Waals surface area contributed by atoms with Crippen LogP contribution in [0.1, 0.15) is 5.56 Å². The fourth-order valence-corrected chi connectivity index (χ4v) is 2.33. The molecule has 0 heterocycles. The van der Waals surface area contributed by atoms with E-state index in [9.17, 15) is 0 Å². The molecule has 2 aromatic rings. The Morgan fingerprint density at radius 1 is 0.889 bits per heavy atom. The molecule has 3 heteroatoms. The predicted octanol–water partition coefficient (Wildman–Crippen LogP) is 1.28. The standard InChI is InChI=1S/C15H17IN.BrH/c1-17(2,16)12-14-10-6-7-11-15(14)13-8-4-3-5-9-13;/h3-11H,12H2,1-2H3;1H/q+1;/p-1. The summed E-state index contributed by atoms with van der Waals surface area (Å²) in [6.07, 6.45) is 0. The van der Waals surface area contributed by atoms with E-state index >= 15 is 0 Å². The van der Waals surface area contributed by atoms with Crippen molar-refractivity contribution in [2.24, 2.45) is 0 Å². The molecule has 2 rings (SSSR count). The van der Waals surface area contributed by atoms with Crippen molar-refractivity contribution in [2.75, 3.05) is 14.1 Å². The first kappa shape index (κ1) is 15.7. The second kappa shape index (κ2) is 6.68. The minimum absolute atomic E-state index is 0. The number of nitrogens with zero attached hydrogens (tertiary/aromatic N) is 1. The van der Waals surface area contributed by atoms with Gasteiger partial charge in [0.2, 0.25) is 22.9 Å². The van der Waals surface area contributed by atoms with Crippen LogP contribution in [0.2, 0.25) is 0 Å². The van der Waals surface area contributed by atoms with Gasteiger partial charge in [-0.25, -0.2) is 0 Å². The average molecular weight is 418 g/mol. The highest BCUT2D eigenvalue weighted by Crippen LogP contribution is 2.26. The van der Waals surface area contributed by atoms with Crippen molar-refractivity contribution in [3.63, 3.8) is 0 Å². The van der Waals surface area contributed by atoms with Gasteiger partial charge in [-0.15, -0.1) is 0 Å². The Balaban J connectivity index is 0.00000162. The molecule has 0 unspecified atom stereocenters. The lowest BCUT2D eigenvalue weighted by atomic mass is 9.99. The van der Waals surface area contributed by atoms with Crippen LogP contribution in [0.4, 0.5) is 0 Å². The molecule has 96 valence electrons. The van der Waals surface area contributed by atoms with Crippen LogP contribution in [-0.2, 0) is 6.54 Å². The van der Waals surface area contributed by atoms with Crippen LogP contribution in [0.25, 0.3) is 11.1 Å². The summed E-state index contributed by atoms with van der Waals surface area (Å²) >= 11 is 2.45. The summed E-state index contributed by atoms with van der Waals surface area (Å²) in [5.74, 6) is 0. The lowest BCUT2D eigenvalue weighted by Crippen LogP contribution is -3.00. The fourth-order valence-electron chi connectivity index (χ4n) is 1.96. The van der Waals surface area contributed by atoms with Gasteiger partial charge in [-0.1, -0.05) is 54.6 Å². The van der Waals surface area contributed by atoms with E-state index in [2.05, 4.69) is 91.6 Å². The summed E-state index contributed by atoms with van der Waals surface area (Å²) in [6, 6.07) is 19.2. The number of quaternary nitrogens is 1. The smallest absolute Gasteiger partial charge is 0.248 e. The van der Waals surface area contributed by atoms with Crippen molar-refractivity contribution in [1.29, 1.82) is 0 Å². The minimum atomic E-state index is 0. The van der Waals surface area contributed by atoms with E-state index in [-0.39, 0.29) is 17.0 Å². The molecule has 0 aliphatic carbocycles. The number of hydrogen-bond donors (Lipinski definition) is 0. The van der Waals surface area contributed by atoms with Crippen molar-refractivity contribution < 1.29 is 19.7 Å². The monoisotopic (exact) mass is 417 g/mol. The van der Waals surface area contributed by atoms with Crippen LogP contribution in [0.3, 0.4) is 0 Å². The van der Waals surface area contributed by atoms with Crippen LogP contribution in [0.5, 0.6) is 0 Å². The quantitative estimate of drug-likeness (QED) is 0.521. The molecular weight excluding hydrogens is 401 g/mol. The molecule has 0 amide bonds. The van der Waals surface area contributed by atoms with E-state index in [4.69, 9.17) is 0 Å². The van der Waals surface area contributed by atoms with Gasteiger partial charge in [0.25, 0.3) is 0 Å². The first-order chi connectivity index (χ1) is 8.06. The molecule has 0 aliphatic rings. The summed E-state index contributed by atoms with van der Waals surface area (Å²) in [7, 11) is 4.42. The highest BCUT2D eigenvalue weighted by molar-refractivity contribution is 14.1. The molecule has 1 nitrogen and oxygen atoms in total. The fraction of sp³-hybridized carbons (Fsp3) is 0.200. The van der Waals surface area contributed by atoms with Crippen molar-refractivity contribution in [3.8, 4) is 11.1 Å². The van der Waals surface area contributed by atoms with Crippen molar-refractivity contribution in [1.82, 2.24) is 0 Å². The molecule has 0 fully saturated rings.